The molecule has 0 aliphatic carbocycles. The van der Waals surface area contributed by atoms with Gasteiger partial charge in [0.05, 0.1) is 6.04 Å². The summed E-state index contributed by atoms with van der Waals surface area (Å²) >= 11 is 0. The Balaban J connectivity index is 2.70. The molecule has 4 heteroatoms. The van der Waals surface area contributed by atoms with Crippen LogP contribution >= 0.6 is 0 Å². The summed E-state index contributed by atoms with van der Waals surface area (Å²) in [5.74, 6) is 0.355. The molecule has 1 rings (SSSR count). The monoisotopic (exact) mass is 199 g/mol. The third-order valence-electron chi connectivity index (χ3n) is 3.28. The third kappa shape index (κ3) is 2.07. The van der Waals surface area contributed by atoms with Gasteiger partial charge in [0, 0.05) is 12.6 Å². The van der Waals surface area contributed by atoms with Gasteiger partial charge >= 0.3 is 0 Å². The molecule has 3 atom stereocenters. The van der Waals surface area contributed by atoms with E-state index in [-0.39, 0.29) is 11.9 Å². The molecule has 0 bridgehead atoms. The van der Waals surface area contributed by atoms with E-state index in [2.05, 4.69) is 11.8 Å². The van der Waals surface area contributed by atoms with Crippen molar-refractivity contribution in [3.63, 3.8) is 0 Å². The van der Waals surface area contributed by atoms with Crippen LogP contribution in [0.4, 0.5) is 0 Å². The van der Waals surface area contributed by atoms with E-state index >= 15 is 0 Å². The van der Waals surface area contributed by atoms with Crippen LogP contribution < -0.4 is 11.5 Å². The Bertz CT molecular complexity index is 208. The zero-order chi connectivity index (χ0) is 10.7. The van der Waals surface area contributed by atoms with E-state index in [0.717, 1.165) is 19.4 Å². The summed E-state index contributed by atoms with van der Waals surface area (Å²) in [7, 11) is 0. The van der Waals surface area contributed by atoms with Crippen LogP contribution in [0, 0.1) is 5.92 Å². The number of amides is 1. The van der Waals surface area contributed by atoms with Gasteiger partial charge in [0.1, 0.15) is 0 Å². The molecule has 82 valence electrons. The quantitative estimate of drug-likeness (QED) is 0.665. The van der Waals surface area contributed by atoms with E-state index in [4.69, 9.17) is 11.5 Å². The second-order valence-corrected chi connectivity index (χ2v) is 4.13. The average molecular weight is 199 g/mol. The van der Waals surface area contributed by atoms with Gasteiger partial charge in [-0.15, -0.1) is 0 Å². The lowest BCUT2D eigenvalue weighted by molar-refractivity contribution is -0.123. The van der Waals surface area contributed by atoms with Crippen molar-refractivity contribution in [1.82, 2.24) is 4.90 Å². The van der Waals surface area contributed by atoms with Crippen LogP contribution in [-0.2, 0) is 4.79 Å². The number of carbonyl (C=O) groups excluding carboxylic acids is 1. The molecule has 3 unspecified atom stereocenters. The maximum atomic E-state index is 11.2. The molecule has 1 aliphatic rings. The first kappa shape index (κ1) is 11.5. The van der Waals surface area contributed by atoms with Crippen molar-refractivity contribution in [3.05, 3.63) is 0 Å². The van der Waals surface area contributed by atoms with E-state index in [1.165, 1.54) is 0 Å². The Morgan fingerprint density at radius 3 is 2.71 bits per heavy atom. The maximum Gasteiger partial charge on any atom is 0.234 e. The molecule has 1 amide bonds. The van der Waals surface area contributed by atoms with Crippen LogP contribution in [0.15, 0.2) is 0 Å². The number of hydrogen-bond donors (Lipinski definition) is 2. The normalized spacial score (nSPS) is 30.5. The van der Waals surface area contributed by atoms with Gasteiger partial charge in [0.25, 0.3) is 0 Å². The van der Waals surface area contributed by atoms with Gasteiger partial charge < -0.3 is 11.5 Å². The Kier molecular flexibility index (Phi) is 3.89. The lowest BCUT2D eigenvalue weighted by Crippen LogP contribution is -2.50. The second kappa shape index (κ2) is 4.75. The highest BCUT2D eigenvalue weighted by molar-refractivity contribution is 5.79. The summed E-state index contributed by atoms with van der Waals surface area (Å²) in [6.07, 6.45) is 1.89. The molecule has 1 fully saturated rings. The van der Waals surface area contributed by atoms with Gasteiger partial charge in [-0.2, -0.15) is 0 Å². The number of primary amides is 1. The van der Waals surface area contributed by atoms with Crippen molar-refractivity contribution >= 4 is 5.91 Å². The minimum Gasteiger partial charge on any atom is -0.368 e. The van der Waals surface area contributed by atoms with Gasteiger partial charge in [-0.1, -0.05) is 13.8 Å². The molecule has 0 aromatic carbocycles. The number of hydrogen-bond acceptors (Lipinski definition) is 3. The van der Waals surface area contributed by atoms with Crippen LogP contribution in [0.5, 0.6) is 0 Å². The number of carbonyl (C=O) groups is 1. The van der Waals surface area contributed by atoms with E-state index in [9.17, 15) is 4.79 Å². The summed E-state index contributed by atoms with van der Waals surface area (Å²) in [5.41, 5.74) is 11.1. The fraction of sp³-hybridized carbons (Fsp3) is 0.900. The summed E-state index contributed by atoms with van der Waals surface area (Å²) in [6.45, 7) is 5.74. The first-order valence-corrected chi connectivity index (χ1v) is 5.36. The first-order valence-electron chi connectivity index (χ1n) is 5.36. The largest absolute Gasteiger partial charge is 0.368 e. The lowest BCUT2D eigenvalue weighted by Gasteiger charge is -2.31. The van der Waals surface area contributed by atoms with Crippen molar-refractivity contribution in [2.75, 3.05) is 13.1 Å². The Hall–Kier alpha value is -0.610. The molecular formula is C10H21N3O. The van der Waals surface area contributed by atoms with E-state index in [0.29, 0.717) is 18.5 Å². The average Bonchev–Trinajstić information content (AvgIpc) is 2.48. The zero-order valence-electron chi connectivity index (χ0n) is 9.07. The highest BCUT2D eigenvalue weighted by Gasteiger charge is 2.35. The standard InChI is InChI=1S/C10H21N3O/c1-3-8(10(12)14)13-5-4-7(2)9(13)6-11/h7-9H,3-6,11H2,1-2H3,(H2,12,14). The van der Waals surface area contributed by atoms with Gasteiger partial charge in [-0.25, -0.2) is 0 Å². The SMILES string of the molecule is CCC(C(N)=O)N1CCC(C)C1CN. The summed E-state index contributed by atoms with van der Waals surface area (Å²) in [4.78, 5) is 13.4. The Morgan fingerprint density at radius 2 is 2.29 bits per heavy atom. The van der Waals surface area contributed by atoms with Crippen molar-refractivity contribution in [2.45, 2.75) is 38.8 Å². The predicted molar refractivity (Wildman–Crippen MR) is 56.6 cm³/mol. The first-order chi connectivity index (χ1) is 6.61. The van der Waals surface area contributed by atoms with E-state index in [1.54, 1.807) is 0 Å². The molecule has 1 aliphatic heterocycles. The highest BCUT2D eigenvalue weighted by atomic mass is 16.1. The molecule has 0 radical (unpaired) electrons. The van der Waals surface area contributed by atoms with Crippen molar-refractivity contribution in [3.8, 4) is 0 Å². The summed E-state index contributed by atoms with van der Waals surface area (Å²) in [5, 5.41) is 0. The summed E-state index contributed by atoms with van der Waals surface area (Å²) in [6, 6.07) is 0.195. The maximum absolute atomic E-state index is 11.2. The van der Waals surface area contributed by atoms with Crippen molar-refractivity contribution < 1.29 is 4.79 Å². The van der Waals surface area contributed by atoms with Gasteiger partial charge in [-0.05, 0) is 25.3 Å². The van der Waals surface area contributed by atoms with Crippen molar-refractivity contribution in [2.24, 2.45) is 17.4 Å². The summed E-state index contributed by atoms with van der Waals surface area (Å²) < 4.78 is 0. The zero-order valence-corrected chi connectivity index (χ0v) is 9.07. The molecule has 1 saturated heterocycles. The molecule has 0 spiro atoms. The van der Waals surface area contributed by atoms with Crippen LogP contribution in [-0.4, -0.2) is 36.0 Å². The molecule has 0 aromatic heterocycles. The van der Waals surface area contributed by atoms with E-state index < -0.39 is 0 Å². The molecular weight excluding hydrogens is 178 g/mol. The number of likely N-dealkylation sites (tertiary alicyclic amines) is 1. The van der Waals surface area contributed by atoms with Gasteiger partial charge in [-0.3, -0.25) is 9.69 Å². The predicted octanol–water partition coefficient (Wildman–Crippen LogP) is -0.0806. The highest BCUT2D eigenvalue weighted by Crippen LogP contribution is 2.26. The fourth-order valence-corrected chi connectivity index (χ4v) is 2.39. The van der Waals surface area contributed by atoms with E-state index in [1.807, 2.05) is 6.92 Å². The van der Waals surface area contributed by atoms with Gasteiger partial charge in [0.15, 0.2) is 0 Å². The minimum absolute atomic E-state index is 0.131. The minimum atomic E-state index is -0.222. The number of nitrogens with two attached hydrogens (primary N) is 2. The van der Waals surface area contributed by atoms with Crippen LogP contribution in [0.2, 0.25) is 0 Å². The topological polar surface area (TPSA) is 72.4 Å². The van der Waals surface area contributed by atoms with Crippen LogP contribution in [0.3, 0.4) is 0 Å². The Morgan fingerprint density at radius 1 is 1.64 bits per heavy atom. The Labute approximate surface area is 85.6 Å². The van der Waals surface area contributed by atoms with Crippen LogP contribution in [0.25, 0.3) is 0 Å². The van der Waals surface area contributed by atoms with Crippen LogP contribution in [0.1, 0.15) is 26.7 Å². The van der Waals surface area contributed by atoms with Gasteiger partial charge in [0.2, 0.25) is 5.91 Å². The number of nitrogens with zero attached hydrogens (tertiary/aromatic N) is 1. The second-order valence-electron chi connectivity index (χ2n) is 4.13. The lowest BCUT2D eigenvalue weighted by atomic mass is 10.0. The molecule has 0 aromatic rings. The third-order valence-corrected chi connectivity index (χ3v) is 3.28. The molecule has 4 N–H and O–H groups in total. The molecule has 1 heterocycles. The fourth-order valence-electron chi connectivity index (χ4n) is 2.39. The number of rotatable bonds is 4. The van der Waals surface area contributed by atoms with Crippen molar-refractivity contribution in [1.29, 1.82) is 0 Å². The molecule has 0 saturated carbocycles. The molecule has 14 heavy (non-hydrogen) atoms. The smallest absolute Gasteiger partial charge is 0.234 e. The molecule has 4 nitrogen and oxygen atoms in total.